The molecule has 0 aromatic heterocycles. The lowest BCUT2D eigenvalue weighted by atomic mass is 10.0. The first-order chi connectivity index (χ1) is 4.86. The molecule has 0 aromatic carbocycles. The van der Waals surface area contributed by atoms with E-state index in [-0.39, 0.29) is 0 Å². The van der Waals surface area contributed by atoms with Gasteiger partial charge in [0.1, 0.15) is 6.29 Å². The molecule has 50 valence electrons. The Kier molecular flexibility index (Phi) is 2.07. The molecule has 0 aromatic rings. The van der Waals surface area contributed by atoms with Gasteiger partial charge in [0, 0.05) is 5.57 Å². The second-order valence-corrected chi connectivity index (χ2v) is 2.18. The summed E-state index contributed by atoms with van der Waals surface area (Å²) in [6, 6.07) is 0. The first-order valence-corrected chi connectivity index (χ1v) is 3.16. The fraction of sp³-hybridized carbons (Fsp3) is 0.222. The average Bonchev–Trinajstić information content (AvgIpc) is 2.05. The smallest absolute Gasteiger partial charge is 0.146 e. The minimum Gasteiger partial charge on any atom is -0.298 e. The summed E-state index contributed by atoms with van der Waals surface area (Å²) in [6.45, 7) is 0. The number of hydrogen-bond acceptors (Lipinski definition) is 1. The van der Waals surface area contributed by atoms with E-state index in [1.807, 2.05) is 12.2 Å². The molecule has 0 saturated heterocycles. The summed E-state index contributed by atoms with van der Waals surface area (Å²) in [4.78, 5) is 10.2. The van der Waals surface area contributed by atoms with E-state index in [0.29, 0.717) is 6.42 Å². The number of carbonyl (C=O) groups is 1. The van der Waals surface area contributed by atoms with E-state index in [0.717, 1.165) is 23.9 Å². The molecule has 0 atom stereocenters. The zero-order valence-electron chi connectivity index (χ0n) is 5.63. The van der Waals surface area contributed by atoms with Gasteiger partial charge in [0.05, 0.1) is 0 Å². The maximum absolute atomic E-state index is 10.2. The van der Waals surface area contributed by atoms with Crippen LogP contribution in [0, 0.1) is 12.3 Å². The summed E-state index contributed by atoms with van der Waals surface area (Å²) in [7, 11) is 0. The standard InChI is InChI=1S/C9H8O/c1-2-8-3-5-9(7-10)6-4-8/h1,3,6-7H,4-5H2. The molecular formula is C9H8O. The van der Waals surface area contributed by atoms with Crippen LogP contribution in [0.15, 0.2) is 23.3 Å². The third-order valence-corrected chi connectivity index (χ3v) is 1.51. The Morgan fingerprint density at radius 2 is 2.30 bits per heavy atom. The molecule has 0 N–H and O–H groups in total. The van der Waals surface area contributed by atoms with E-state index in [1.54, 1.807) is 0 Å². The van der Waals surface area contributed by atoms with Crippen LogP contribution in [0.25, 0.3) is 0 Å². The molecule has 1 aliphatic carbocycles. The lowest BCUT2D eigenvalue weighted by molar-refractivity contribution is -0.105. The Labute approximate surface area is 60.4 Å². The van der Waals surface area contributed by atoms with Crippen LogP contribution < -0.4 is 0 Å². The Bertz CT molecular complexity index is 238. The molecule has 0 heterocycles. The van der Waals surface area contributed by atoms with Gasteiger partial charge in [-0.05, 0) is 18.4 Å². The quantitative estimate of drug-likeness (QED) is 0.390. The zero-order valence-corrected chi connectivity index (χ0v) is 5.63. The number of allylic oxidation sites excluding steroid dienone is 4. The largest absolute Gasteiger partial charge is 0.298 e. The highest BCUT2D eigenvalue weighted by Crippen LogP contribution is 2.14. The highest BCUT2D eigenvalue weighted by Gasteiger charge is 2.00. The van der Waals surface area contributed by atoms with Gasteiger partial charge in [-0.2, -0.15) is 0 Å². The molecule has 10 heavy (non-hydrogen) atoms. The number of rotatable bonds is 1. The highest BCUT2D eigenvalue weighted by atomic mass is 16.1. The van der Waals surface area contributed by atoms with Crippen LogP contribution in [0.3, 0.4) is 0 Å². The molecule has 1 heteroatoms. The topological polar surface area (TPSA) is 17.1 Å². The normalized spacial score (nSPS) is 16.7. The van der Waals surface area contributed by atoms with E-state index in [9.17, 15) is 4.79 Å². The van der Waals surface area contributed by atoms with Crippen molar-refractivity contribution in [2.24, 2.45) is 0 Å². The van der Waals surface area contributed by atoms with Crippen LogP contribution in [0.2, 0.25) is 0 Å². The first-order valence-electron chi connectivity index (χ1n) is 3.16. The van der Waals surface area contributed by atoms with E-state index in [4.69, 9.17) is 6.42 Å². The van der Waals surface area contributed by atoms with Crippen LogP contribution in [0.1, 0.15) is 12.8 Å². The molecule has 0 saturated carbocycles. The van der Waals surface area contributed by atoms with Gasteiger partial charge in [0.25, 0.3) is 0 Å². The molecule has 1 aliphatic rings. The van der Waals surface area contributed by atoms with Gasteiger partial charge in [-0.1, -0.05) is 18.1 Å². The van der Waals surface area contributed by atoms with E-state index in [1.165, 1.54) is 0 Å². The maximum Gasteiger partial charge on any atom is 0.146 e. The van der Waals surface area contributed by atoms with Crippen molar-refractivity contribution in [1.82, 2.24) is 0 Å². The van der Waals surface area contributed by atoms with Crippen molar-refractivity contribution in [3.8, 4) is 12.3 Å². The van der Waals surface area contributed by atoms with E-state index < -0.39 is 0 Å². The van der Waals surface area contributed by atoms with E-state index in [2.05, 4.69) is 5.92 Å². The predicted octanol–water partition coefficient (Wildman–Crippen LogP) is 1.47. The SMILES string of the molecule is C#CC1=CCC(C=O)=CC1. The summed E-state index contributed by atoms with van der Waals surface area (Å²) < 4.78 is 0. The lowest BCUT2D eigenvalue weighted by Gasteiger charge is -2.03. The van der Waals surface area contributed by atoms with Gasteiger partial charge < -0.3 is 0 Å². The minimum atomic E-state index is 0.697. The molecule has 0 spiro atoms. The van der Waals surface area contributed by atoms with Crippen molar-refractivity contribution < 1.29 is 4.79 Å². The van der Waals surface area contributed by atoms with Crippen molar-refractivity contribution in [2.45, 2.75) is 12.8 Å². The van der Waals surface area contributed by atoms with Crippen LogP contribution in [-0.2, 0) is 4.79 Å². The molecule has 0 aliphatic heterocycles. The van der Waals surface area contributed by atoms with Crippen LogP contribution in [0.4, 0.5) is 0 Å². The maximum atomic E-state index is 10.2. The molecule has 0 unspecified atom stereocenters. The monoisotopic (exact) mass is 132 g/mol. The van der Waals surface area contributed by atoms with Gasteiger partial charge >= 0.3 is 0 Å². The average molecular weight is 132 g/mol. The molecule has 0 fully saturated rings. The summed E-state index contributed by atoms with van der Waals surface area (Å²) >= 11 is 0. The summed E-state index contributed by atoms with van der Waals surface area (Å²) in [6.07, 6.45) is 11.3. The van der Waals surface area contributed by atoms with Crippen molar-refractivity contribution in [2.75, 3.05) is 0 Å². The minimum absolute atomic E-state index is 0.697. The molecule has 1 nitrogen and oxygen atoms in total. The molecular weight excluding hydrogens is 124 g/mol. The Morgan fingerprint density at radius 3 is 2.70 bits per heavy atom. The van der Waals surface area contributed by atoms with Crippen molar-refractivity contribution in [1.29, 1.82) is 0 Å². The van der Waals surface area contributed by atoms with Gasteiger partial charge in [-0.3, -0.25) is 4.79 Å². The van der Waals surface area contributed by atoms with Gasteiger partial charge in [0.2, 0.25) is 0 Å². The number of terminal acetylenes is 1. The third-order valence-electron chi connectivity index (χ3n) is 1.51. The molecule has 0 amide bonds. The predicted molar refractivity (Wildman–Crippen MR) is 40.3 cm³/mol. The van der Waals surface area contributed by atoms with Crippen molar-refractivity contribution in [3.05, 3.63) is 23.3 Å². The number of aldehydes is 1. The lowest BCUT2D eigenvalue weighted by Crippen LogP contribution is -1.91. The fourth-order valence-corrected chi connectivity index (χ4v) is 0.863. The third kappa shape index (κ3) is 1.35. The summed E-state index contributed by atoms with van der Waals surface area (Å²) in [5.41, 5.74) is 1.81. The number of hydrogen-bond donors (Lipinski definition) is 0. The molecule has 1 rings (SSSR count). The zero-order chi connectivity index (χ0) is 7.40. The Morgan fingerprint density at radius 1 is 1.50 bits per heavy atom. The molecule has 0 bridgehead atoms. The van der Waals surface area contributed by atoms with Crippen molar-refractivity contribution >= 4 is 6.29 Å². The number of carbonyl (C=O) groups excluding carboxylic acids is 1. The molecule has 0 radical (unpaired) electrons. The summed E-state index contributed by atoms with van der Waals surface area (Å²) in [5, 5.41) is 0. The second kappa shape index (κ2) is 3.03. The summed E-state index contributed by atoms with van der Waals surface area (Å²) in [5.74, 6) is 2.55. The van der Waals surface area contributed by atoms with Gasteiger partial charge in [-0.15, -0.1) is 6.42 Å². The Balaban J connectivity index is 2.63. The Hall–Kier alpha value is -1.29. The van der Waals surface area contributed by atoms with Gasteiger partial charge in [0.15, 0.2) is 0 Å². The highest BCUT2D eigenvalue weighted by molar-refractivity contribution is 5.74. The fourth-order valence-electron chi connectivity index (χ4n) is 0.863. The first kappa shape index (κ1) is 6.82. The van der Waals surface area contributed by atoms with Gasteiger partial charge in [-0.25, -0.2) is 0 Å². The van der Waals surface area contributed by atoms with Crippen LogP contribution in [0.5, 0.6) is 0 Å². The second-order valence-electron chi connectivity index (χ2n) is 2.18. The van der Waals surface area contributed by atoms with Crippen molar-refractivity contribution in [3.63, 3.8) is 0 Å². The van der Waals surface area contributed by atoms with E-state index >= 15 is 0 Å². The van der Waals surface area contributed by atoms with Crippen LogP contribution in [-0.4, -0.2) is 6.29 Å². The van der Waals surface area contributed by atoms with Crippen LogP contribution >= 0.6 is 0 Å².